The second-order valence-corrected chi connectivity index (χ2v) is 4.04. The zero-order valence-corrected chi connectivity index (χ0v) is 7.94. The average Bonchev–Trinajstić information content (AvgIpc) is 2.65. The Hall–Kier alpha value is -0.460. The third kappa shape index (κ3) is 1.50. The molecule has 0 amide bonds. The summed E-state index contributed by atoms with van der Waals surface area (Å²) in [5.74, 6) is 2.32. The minimum Gasteiger partial charge on any atom is -0.498 e. The number of ether oxygens (including phenoxy) is 1. The first kappa shape index (κ1) is 8.15. The Morgan fingerprint density at radius 3 is 2.92 bits per heavy atom. The van der Waals surface area contributed by atoms with Crippen molar-refractivity contribution in [3.8, 4) is 0 Å². The van der Waals surface area contributed by atoms with E-state index in [1.165, 1.54) is 44.3 Å². The molecule has 0 aromatic heterocycles. The fourth-order valence-corrected chi connectivity index (χ4v) is 2.27. The monoisotopic (exact) mass is 166 g/mol. The average molecular weight is 166 g/mol. The molecule has 2 rings (SSSR count). The van der Waals surface area contributed by atoms with Crippen LogP contribution in [-0.2, 0) is 4.74 Å². The molecule has 0 aliphatic heterocycles. The molecule has 1 atom stereocenters. The highest BCUT2D eigenvalue weighted by molar-refractivity contribution is 5.21. The van der Waals surface area contributed by atoms with E-state index < -0.39 is 0 Å². The maximum Gasteiger partial charge on any atom is 0.0954 e. The molecule has 1 nitrogen and oxygen atoms in total. The Morgan fingerprint density at radius 2 is 2.33 bits per heavy atom. The van der Waals surface area contributed by atoms with E-state index >= 15 is 0 Å². The summed E-state index contributed by atoms with van der Waals surface area (Å²) in [6, 6.07) is 0. The smallest absolute Gasteiger partial charge is 0.0954 e. The van der Waals surface area contributed by atoms with Gasteiger partial charge < -0.3 is 4.74 Å². The molecule has 1 saturated carbocycles. The van der Waals surface area contributed by atoms with Gasteiger partial charge in [-0.15, -0.1) is 0 Å². The summed E-state index contributed by atoms with van der Waals surface area (Å²) >= 11 is 0. The van der Waals surface area contributed by atoms with Crippen molar-refractivity contribution in [3.05, 3.63) is 11.3 Å². The number of hydrogen-bond acceptors (Lipinski definition) is 1. The Bertz CT molecular complexity index is 193. The van der Waals surface area contributed by atoms with E-state index in [4.69, 9.17) is 4.74 Å². The topological polar surface area (TPSA) is 9.23 Å². The van der Waals surface area contributed by atoms with Gasteiger partial charge >= 0.3 is 0 Å². The van der Waals surface area contributed by atoms with Gasteiger partial charge in [-0.25, -0.2) is 0 Å². The van der Waals surface area contributed by atoms with E-state index in [1.807, 2.05) is 0 Å². The number of rotatable bonds is 4. The third-order valence-electron chi connectivity index (χ3n) is 3.03. The number of fused-ring (bicyclic) bond motifs is 2. The lowest BCUT2D eigenvalue weighted by atomic mass is 10.1. The second kappa shape index (κ2) is 3.51. The van der Waals surface area contributed by atoms with Gasteiger partial charge in [-0.05, 0) is 37.2 Å². The van der Waals surface area contributed by atoms with Crippen molar-refractivity contribution in [1.82, 2.24) is 0 Å². The lowest BCUT2D eigenvalue weighted by molar-refractivity contribution is 0.189. The number of allylic oxidation sites excluding steroid dienone is 2. The molecule has 12 heavy (non-hydrogen) atoms. The Labute approximate surface area is 74.8 Å². The van der Waals surface area contributed by atoms with Gasteiger partial charge in [0.1, 0.15) is 0 Å². The van der Waals surface area contributed by atoms with Crippen LogP contribution in [0.4, 0.5) is 0 Å². The zero-order chi connectivity index (χ0) is 8.39. The summed E-state index contributed by atoms with van der Waals surface area (Å²) in [6.45, 7) is 3.16. The molecule has 1 fully saturated rings. The molecule has 68 valence electrons. The molecular formula is C11H18O. The normalized spacial score (nSPS) is 26.9. The van der Waals surface area contributed by atoms with E-state index in [0.717, 1.165) is 12.5 Å². The predicted molar refractivity (Wildman–Crippen MR) is 49.8 cm³/mol. The fraction of sp³-hybridized carbons (Fsp3) is 0.818. The third-order valence-corrected chi connectivity index (χ3v) is 3.03. The first-order valence-corrected chi connectivity index (χ1v) is 5.24. The van der Waals surface area contributed by atoms with Crippen molar-refractivity contribution in [1.29, 1.82) is 0 Å². The summed E-state index contributed by atoms with van der Waals surface area (Å²) in [6.07, 6.45) is 7.80. The molecule has 2 bridgehead atoms. The molecule has 2 aliphatic carbocycles. The van der Waals surface area contributed by atoms with Crippen LogP contribution < -0.4 is 0 Å². The van der Waals surface area contributed by atoms with Gasteiger partial charge in [0, 0.05) is 6.42 Å². The quantitative estimate of drug-likeness (QED) is 0.582. The molecule has 0 radical (unpaired) electrons. The summed E-state index contributed by atoms with van der Waals surface area (Å²) in [7, 11) is 0. The van der Waals surface area contributed by atoms with E-state index in [-0.39, 0.29) is 0 Å². The Balaban J connectivity index is 1.81. The van der Waals surface area contributed by atoms with Gasteiger partial charge in [0.05, 0.1) is 12.4 Å². The van der Waals surface area contributed by atoms with Crippen LogP contribution >= 0.6 is 0 Å². The highest BCUT2D eigenvalue weighted by atomic mass is 16.5. The molecule has 1 unspecified atom stereocenters. The van der Waals surface area contributed by atoms with E-state index in [1.54, 1.807) is 5.57 Å². The number of hydrogen-bond donors (Lipinski definition) is 0. The lowest BCUT2D eigenvalue weighted by Crippen LogP contribution is -2.00. The van der Waals surface area contributed by atoms with Gasteiger partial charge in [-0.2, -0.15) is 0 Å². The summed E-state index contributed by atoms with van der Waals surface area (Å²) in [4.78, 5) is 0. The Kier molecular flexibility index (Phi) is 2.38. The van der Waals surface area contributed by atoms with Crippen LogP contribution in [0.3, 0.4) is 0 Å². The van der Waals surface area contributed by atoms with Crippen LogP contribution in [0, 0.1) is 5.92 Å². The SMILES string of the molecule is CCCCOC1=C2CCC(C2)C1. The molecule has 0 heterocycles. The van der Waals surface area contributed by atoms with Gasteiger partial charge in [0.15, 0.2) is 0 Å². The summed E-state index contributed by atoms with van der Waals surface area (Å²) in [5.41, 5.74) is 1.64. The standard InChI is InChI=1S/C11H18O/c1-2-3-6-12-11-8-9-4-5-10(11)7-9/h9H,2-8H2,1H3. The summed E-state index contributed by atoms with van der Waals surface area (Å²) < 4.78 is 5.76. The first-order chi connectivity index (χ1) is 5.90. The second-order valence-electron chi connectivity index (χ2n) is 4.04. The zero-order valence-electron chi connectivity index (χ0n) is 7.94. The highest BCUT2D eigenvalue weighted by Crippen LogP contribution is 2.44. The molecule has 0 aromatic carbocycles. The molecule has 0 N–H and O–H groups in total. The van der Waals surface area contributed by atoms with E-state index in [2.05, 4.69) is 6.92 Å². The van der Waals surface area contributed by atoms with Crippen LogP contribution in [0.5, 0.6) is 0 Å². The van der Waals surface area contributed by atoms with Gasteiger partial charge in [0.2, 0.25) is 0 Å². The van der Waals surface area contributed by atoms with E-state index in [0.29, 0.717) is 0 Å². The van der Waals surface area contributed by atoms with Crippen molar-refractivity contribution in [2.75, 3.05) is 6.61 Å². The maximum absolute atomic E-state index is 5.76. The van der Waals surface area contributed by atoms with Gasteiger partial charge in [-0.3, -0.25) is 0 Å². The molecule has 2 aliphatic rings. The maximum atomic E-state index is 5.76. The van der Waals surface area contributed by atoms with Crippen molar-refractivity contribution in [2.24, 2.45) is 5.92 Å². The molecular weight excluding hydrogens is 148 g/mol. The van der Waals surface area contributed by atoms with Crippen molar-refractivity contribution >= 4 is 0 Å². The van der Waals surface area contributed by atoms with Crippen molar-refractivity contribution in [2.45, 2.75) is 45.4 Å². The lowest BCUT2D eigenvalue weighted by Gasteiger charge is -2.13. The largest absolute Gasteiger partial charge is 0.498 e. The molecule has 0 saturated heterocycles. The van der Waals surface area contributed by atoms with Gasteiger partial charge in [-0.1, -0.05) is 13.3 Å². The highest BCUT2D eigenvalue weighted by Gasteiger charge is 2.30. The van der Waals surface area contributed by atoms with Crippen molar-refractivity contribution in [3.63, 3.8) is 0 Å². The molecule has 1 heteroatoms. The van der Waals surface area contributed by atoms with Crippen LogP contribution in [0.15, 0.2) is 11.3 Å². The Morgan fingerprint density at radius 1 is 1.42 bits per heavy atom. The predicted octanol–water partition coefficient (Wildman–Crippen LogP) is 3.26. The molecule has 0 aromatic rings. The number of unbranched alkanes of at least 4 members (excludes halogenated alkanes) is 1. The van der Waals surface area contributed by atoms with Crippen LogP contribution in [0.1, 0.15) is 45.4 Å². The van der Waals surface area contributed by atoms with E-state index in [9.17, 15) is 0 Å². The summed E-state index contributed by atoms with van der Waals surface area (Å²) in [5, 5.41) is 0. The fourth-order valence-electron chi connectivity index (χ4n) is 2.27. The van der Waals surface area contributed by atoms with Crippen LogP contribution in [0.2, 0.25) is 0 Å². The van der Waals surface area contributed by atoms with Gasteiger partial charge in [0.25, 0.3) is 0 Å². The van der Waals surface area contributed by atoms with Crippen LogP contribution in [0.25, 0.3) is 0 Å². The molecule has 0 spiro atoms. The first-order valence-electron chi connectivity index (χ1n) is 5.24. The minimum absolute atomic E-state index is 0.946. The minimum atomic E-state index is 0.946. The van der Waals surface area contributed by atoms with Crippen LogP contribution in [-0.4, -0.2) is 6.61 Å². The van der Waals surface area contributed by atoms with Crippen molar-refractivity contribution < 1.29 is 4.74 Å².